The summed E-state index contributed by atoms with van der Waals surface area (Å²) in [5.74, 6) is 0.300. The Morgan fingerprint density at radius 3 is 2.88 bits per heavy atom. The van der Waals surface area contributed by atoms with E-state index in [0.717, 1.165) is 25.1 Å². The van der Waals surface area contributed by atoms with Crippen molar-refractivity contribution in [2.45, 2.75) is 32.8 Å². The topological polar surface area (TPSA) is 49.5 Å². The second kappa shape index (κ2) is 4.96. The standard InChI is InChI=1S/C14H22N2O/c1-10(2)14(17)9-16-7-3-4-11-8-12(15)5-6-13(11)16/h5-6,8,10,14,17H,3-4,7,9,15H2,1-2H3. The monoisotopic (exact) mass is 234 g/mol. The van der Waals surface area contributed by atoms with Gasteiger partial charge in [0.2, 0.25) is 0 Å². The van der Waals surface area contributed by atoms with E-state index in [1.807, 2.05) is 6.07 Å². The van der Waals surface area contributed by atoms with Gasteiger partial charge in [-0.25, -0.2) is 0 Å². The van der Waals surface area contributed by atoms with Gasteiger partial charge in [-0.3, -0.25) is 0 Å². The predicted octanol–water partition coefficient (Wildman–Crippen LogP) is 2.04. The van der Waals surface area contributed by atoms with Crippen molar-refractivity contribution in [3.05, 3.63) is 23.8 Å². The third kappa shape index (κ3) is 2.72. The number of anilines is 2. The Morgan fingerprint density at radius 1 is 1.41 bits per heavy atom. The number of fused-ring (bicyclic) bond motifs is 1. The molecule has 1 atom stereocenters. The van der Waals surface area contributed by atoms with E-state index in [9.17, 15) is 5.11 Å². The van der Waals surface area contributed by atoms with Crippen molar-refractivity contribution in [3.63, 3.8) is 0 Å². The number of aliphatic hydroxyl groups excluding tert-OH is 1. The van der Waals surface area contributed by atoms with Crippen LogP contribution in [0.2, 0.25) is 0 Å². The van der Waals surface area contributed by atoms with E-state index in [1.54, 1.807) is 0 Å². The first kappa shape index (κ1) is 12.2. The summed E-state index contributed by atoms with van der Waals surface area (Å²) in [7, 11) is 0. The summed E-state index contributed by atoms with van der Waals surface area (Å²) in [4.78, 5) is 2.28. The summed E-state index contributed by atoms with van der Waals surface area (Å²) in [5.41, 5.74) is 9.19. The fraction of sp³-hybridized carbons (Fsp3) is 0.571. The smallest absolute Gasteiger partial charge is 0.0737 e. The first-order valence-corrected chi connectivity index (χ1v) is 6.39. The van der Waals surface area contributed by atoms with Crippen LogP contribution >= 0.6 is 0 Å². The quantitative estimate of drug-likeness (QED) is 0.787. The third-order valence-electron chi connectivity index (χ3n) is 3.50. The van der Waals surface area contributed by atoms with E-state index in [2.05, 4.69) is 30.9 Å². The van der Waals surface area contributed by atoms with Crippen molar-refractivity contribution in [2.75, 3.05) is 23.7 Å². The van der Waals surface area contributed by atoms with Gasteiger partial charge in [0.05, 0.1) is 6.10 Å². The number of nitrogens with zero attached hydrogens (tertiary/aromatic N) is 1. The third-order valence-corrected chi connectivity index (χ3v) is 3.50. The molecule has 3 nitrogen and oxygen atoms in total. The molecule has 0 saturated heterocycles. The summed E-state index contributed by atoms with van der Waals surface area (Å²) >= 11 is 0. The molecule has 1 aliphatic rings. The summed E-state index contributed by atoms with van der Waals surface area (Å²) in [6, 6.07) is 6.08. The van der Waals surface area contributed by atoms with Crippen LogP contribution in [-0.2, 0) is 6.42 Å². The molecule has 0 fully saturated rings. The molecule has 1 aliphatic heterocycles. The zero-order valence-electron chi connectivity index (χ0n) is 10.7. The van der Waals surface area contributed by atoms with Gasteiger partial charge in [-0.15, -0.1) is 0 Å². The minimum Gasteiger partial charge on any atom is -0.399 e. The summed E-state index contributed by atoms with van der Waals surface area (Å²) in [5, 5.41) is 9.99. The normalized spacial score (nSPS) is 17.1. The molecule has 0 radical (unpaired) electrons. The Kier molecular flexibility index (Phi) is 3.57. The number of aryl methyl sites for hydroxylation is 1. The van der Waals surface area contributed by atoms with Crippen LogP contribution in [0.3, 0.4) is 0 Å². The van der Waals surface area contributed by atoms with Crippen LogP contribution in [0.1, 0.15) is 25.8 Å². The average Bonchev–Trinajstić information content (AvgIpc) is 2.28. The van der Waals surface area contributed by atoms with Gasteiger partial charge >= 0.3 is 0 Å². The number of benzene rings is 1. The fourth-order valence-corrected chi connectivity index (χ4v) is 2.32. The highest BCUT2D eigenvalue weighted by atomic mass is 16.3. The molecule has 0 bridgehead atoms. The molecular weight excluding hydrogens is 212 g/mol. The Balaban J connectivity index is 2.17. The molecule has 1 unspecified atom stereocenters. The highest BCUT2D eigenvalue weighted by molar-refractivity contribution is 5.61. The average molecular weight is 234 g/mol. The molecule has 3 N–H and O–H groups in total. The molecular formula is C14H22N2O. The van der Waals surface area contributed by atoms with Gasteiger partial charge < -0.3 is 15.7 Å². The maximum atomic E-state index is 9.99. The highest BCUT2D eigenvalue weighted by Crippen LogP contribution is 2.29. The fourth-order valence-electron chi connectivity index (χ4n) is 2.32. The SMILES string of the molecule is CC(C)C(O)CN1CCCc2cc(N)ccc21. The van der Waals surface area contributed by atoms with Crippen molar-refractivity contribution < 1.29 is 5.11 Å². The molecule has 2 rings (SSSR count). The Labute approximate surface area is 103 Å². The van der Waals surface area contributed by atoms with Crippen LogP contribution < -0.4 is 10.6 Å². The summed E-state index contributed by atoms with van der Waals surface area (Å²) in [6.07, 6.45) is 1.97. The van der Waals surface area contributed by atoms with Gasteiger partial charge in [0.25, 0.3) is 0 Å². The molecule has 1 aromatic rings. The van der Waals surface area contributed by atoms with Gasteiger partial charge in [-0.1, -0.05) is 13.8 Å². The largest absolute Gasteiger partial charge is 0.399 e. The maximum Gasteiger partial charge on any atom is 0.0737 e. The van der Waals surface area contributed by atoms with Crippen molar-refractivity contribution in [1.29, 1.82) is 0 Å². The number of aliphatic hydroxyl groups is 1. The Morgan fingerprint density at radius 2 is 2.18 bits per heavy atom. The molecule has 0 amide bonds. The minimum absolute atomic E-state index is 0.265. The van der Waals surface area contributed by atoms with Crippen LogP contribution in [0, 0.1) is 5.92 Å². The van der Waals surface area contributed by atoms with E-state index in [-0.39, 0.29) is 6.10 Å². The van der Waals surface area contributed by atoms with Crippen LogP contribution in [0.25, 0.3) is 0 Å². The van der Waals surface area contributed by atoms with E-state index in [4.69, 9.17) is 5.73 Å². The molecule has 17 heavy (non-hydrogen) atoms. The summed E-state index contributed by atoms with van der Waals surface area (Å²) in [6.45, 7) is 5.85. The highest BCUT2D eigenvalue weighted by Gasteiger charge is 2.20. The van der Waals surface area contributed by atoms with Crippen molar-refractivity contribution in [3.8, 4) is 0 Å². The van der Waals surface area contributed by atoms with Crippen LogP contribution in [-0.4, -0.2) is 24.3 Å². The van der Waals surface area contributed by atoms with Crippen LogP contribution in [0.4, 0.5) is 11.4 Å². The van der Waals surface area contributed by atoms with Gasteiger partial charge in [0, 0.05) is 24.5 Å². The lowest BCUT2D eigenvalue weighted by molar-refractivity contribution is 0.130. The van der Waals surface area contributed by atoms with Gasteiger partial charge in [0.15, 0.2) is 0 Å². The molecule has 0 spiro atoms. The molecule has 94 valence electrons. The second-order valence-corrected chi connectivity index (χ2v) is 5.25. The van der Waals surface area contributed by atoms with Gasteiger partial charge in [-0.05, 0) is 42.5 Å². The van der Waals surface area contributed by atoms with Crippen LogP contribution in [0.5, 0.6) is 0 Å². The lowest BCUT2D eigenvalue weighted by atomic mass is 9.99. The lowest BCUT2D eigenvalue weighted by Crippen LogP contribution is -2.38. The van der Waals surface area contributed by atoms with Crippen molar-refractivity contribution in [1.82, 2.24) is 0 Å². The number of hydrogen-bond donors (Lipinski definition) is 2. The first-order valence-electron chi connectivity index (χ1n) is 6.39. The van der Waals surface area contributed by atoms with E-state index in [1.165, 1.54) is 11.3 Å². The molecule has 0 aromatic heterocycles. The van der Waals surface area contributed by atoms with E-state index >= 15 is 0 Å². The van der Waals surface area contributed by atoms with E-state index in [0.29, 0.717) is 12.5 Å². The molecule has 1 heterocycles. The summed E-state index contributed by atoms with van der Waals surface area (Å²) < 4.78 is 0. The molecule has 1 aromatic carbocycles. The molecule has 0 saturated carbocycles. The van der Waals surface area contributed by atoms with Crippen molar-refractivity contribution >= 4 is 11.4 Å². The Hall–Kier alpha value is -1.22. The van der Waals surface area contributed by atoms with E-state index < -0.39 is 0 Å². The maximum absolute atomic E-state index is 9.99. The van der Waals surface area contributed by atoms with Crippen molar-refractivity contribution in [2.24, 2.45) is 5.92 Å². The first-order chi connectivity index (χ1) is 8.08. The lowest BCUT2D eigenvalue weighted by Gasteiger charge is -2.34. The number of rotatable bonds is 3. The Bertz CT molecular complexity index is 390. The van der Waals surface area contributed by atoms with Crippen LogP contribution in [0.15, 0.2) is 18.2 Å². The number of nitrogens with two attached hydrogens (primary N) is 1. The van der Waals surface area contributed by atoms with Gasteiger partial charge in [-0.2, -0.15) is 0 Å². The molecule has 0 aliphatic carbocycles. The number of β-amino-alcohol motifs (C(OH)–C–C–N with tert-alkyl or cyclic N) is 1. The van der Waals surface area contributed by atoms with Gasteiger partial charge in [0.1, 0.15) is 0 Å². The zero-order valence-corrected chi connectivity index (χ0v) is 10.7. The number of hydrogen-bond acceptors (Lipinski definition) is 3. The number of nitrogen functional groups attached to an aromatic ring is 1. The second-order valence-electron chi connectivity index (χ2n) is 5.25. The predicted molar refractivity (Wildman–Crippen MR) is 72.2 cm³/mol. The molecule has 3 heteroatoms. The zero-order chi connectivity index (χ0) is 12.4. The minimum atomic E-state index is -0.265.